The van der Waals surface area contributed by atoms with Gasteiger partial charge in [-0.05, 0) is 37.0 Å². The van der Waals surface area contributed by atoms with E-state index in [1.165, 1.54) is 25.7 Å². The van der Waals surface area contributed by atoms with Crippen LogP contribution >= 0.6 is 0 Å². The fraction of sp³-hybridized carbons (Fsp3) is 0.769. The smallest absolute Gasteiger partial charge is 1.00 e. The van der Waals surface area contributed by atoms with Crippen molar-refractivity contribution in [2.75, 3.05) is 13.2 Å². The van der Waals surface area contributed by atoms with Gasteiger partial charge in [0.15, 0.2) is 0 Å². The first-order valence-corrected chi connectivity index (χ1v) is 5.95. The Bertz CT molecular complexity index is 208. The van der Waals surface area contributed by atoms with Crippen LogP contribution in [0.25, 0.3) is 0 Å². The van der Waals surface area contributed by atoms with Crippen LogP contribution in [0.1, 0.15) is 32.1 Å². The van der Waals surface area contributed by atoms with E-state index in [1.807, 2.05) is 0 Å². The van der Waals surface area contributed by atoms with Crippen molar-refractivity contribution in [1.29, 1.82) is 0 Å². The first-order valence-electron chi connectivity index (χ1n) is 5.95. The summed E-state index contributed by atoms with van der Waals surface area (Å²) in [5, 5.41) is 0. The van der Waals surface area contributed by atoms with Crippen molar-refractivity contribution < 1.29 is 21.7 Å². The number of allylic oxidation sites excluding steroid dienone is 2. The molecule has 2 aliphatic rings. The second-order valence-electron chi connectivity index (χ2n) is 4.68. The molecule has 0 spiro atoms. The van der Waals surface area contributed by atoms with Gasteiger partial charge in [-0.2, -0.15) is 6.42 Å². The molecule has 0 saturated heterocycles. The summed E-state index contributed by atoms with van der Waals surface area (Å²) in [6.07, 6.45) is 11.0. The van der Waals surface area contributed by atoms with Crippen molar-refractivity contribution in [3.05, 3.63) is 19.1 Å². The number of hydrogen-bond acceptors (Lipinski definition) is 1. The molecule has 0 heterocycles. The summed E-state index contributed by atoms with van der Waals surface area (Å²) in [7, 11) is 0. The minimum atomic E-state index is 0. The van der Waals surface area contributed by atoms with E-state index in [1.54, 1.807) is 0 Å². The molecule has 1 fully saturated rings. The van der Waals surface area contributed by atoms with Gasteiger partial charge >= 0.3 is 23.1 Å². The summed E-state index contributed by atoms with van der Waals surface area (Å²) in [5.41, 5.74) is 0. The Morgan fingerprint density at radius 1 is 1.19 bits per heavy atom. The zero-order valence-electron chi connectivity index (χ0n) is 10.0. The molecule has 16 heavy (non-hydrogen) atoms. The van der Waals surface area contributed by atoms with Gasteiger partial charge in [0.05, 0.1) is 0 Å². The van der Waals surface area contributed by atoms with Crippen molar-refractivity contribution >= 4 is 23.1 Å². The van der Waals surface area contributed by atoms with Crippen LogP contribution in [0.15, 0.2) is 12.2 Å². The Hall–Kier alpha value is 0.946. The fourth-order valence-corrected chi connectivity index (χ4v) is 2.70. The molecular weight excluding hydrogens is 276 g/mol. The Morgan fingerprint density at radius 3 is 2.56 bits per heavy atom. The van der Waals surface area contributed by atoms with Gasteiger partial charge in [-0.1, -0.05) is 18.6 Å². The van der Waals surface area contributed by atoms with Crippen molar-refractivity contribution in [2.24, 2.45) is 17.8 Å². The second kappa shape index (κ2) is 8.95. The molecule has 0 N–H and O–H groups in total. The maximum atomic E-state index is 5.71. The molecule has 3 heteroatoms. The predicted molar refractivity (Wildman–Crippen MR) is 64.6 cm³/mol. The number of fused-ring (bicyclic) bond motifs is 2. The third-order valence-corrected chi connectivity index (χ3v) is 3.54. The van der Waals surface area contributed by atoms with E-state index in [-0.39, 0.29) is 40.0 Å². The molecule has 1 saturated carbocycles. The molecule has 2 aliphatic carbocycles. The van der Waals surface area contributed by atoms with Gasteiger partial charge in [-0.3, -0.25) is 0 Å². The maximum absolute atomic E-state index is 5.71. The Balaban J connectivity index is 0.00000112. The summed E-state index contributed by atoms with van der Waals surface area (Å²) >= 11 is 0. The number of hydrogen-bond donors (Lipinski definition) is 0. The Morgan fingerprint density at radius 2 is 2.00 bits per heavy atom. The van der Waals surface area contributed by atoms with E-state index in [0.717, 1.165) is 37.4 Å². The van der Waals surface area contributed by atoms with Gasteiger partial charge in [0.25, 0.3) is 0 Å². The van der Waals surface area contributed by atoms with Crippen LogP contribution in [0, 0.1) is 24.7 Å². The SMILES string of the molecule is [Br-].[CH2-]CCCCOCC1CC2C=CC1C2.[Mg+2]. The topological polar surface area (TPSA) is 9.23 Å². The maximum Gasteiger partial charge on any atom is 2.00 e. The van der Waals surface area contributed by atoms with Crippen molar-refractivity contribution in [3.63, 3.8) is 0 Å². The van der Waals surface area contributed by atoms with Gasteiger partial charge in [-0.15, -0.1) is 0 Å². The summed E-state index contributed by atoms with van der Waals surface area (Å²) in [6.45, 7) is 5.75. The van der Waals surface area contributed by atoms with Crippen LogP contribution in [0.4, 0.5) is 0 Å². The standard InChI is InChI=1S/C13H21O.BrH.Mg/c1-2-3-4-7-14-10-13-9-11-5-6-12(13)8-11;;/h5-6,11-13H,1-4,7-10H2;1H;/q-1;;+2/p-1. The number of unbranched alkanes of at least 4 members (excludes halogenated alkanes) is 2. The first kappa shape index (κ1) is 16.9. The molecule has 3 atom stereocenters. The molecule has 0 amide bonds. The van der Waals surface area contributed by atoms with Crippen molar-refractivity contribution in [2.45, 2.75) is 32.1 Å². The second-order valence-corrected chi connectivity index (χ2v) is 4.68. The molecule has 0 aromatic carbocycles. The third kappa shape index (κ3) is 4.67. The molecule has 0 radical (unpaired) electrons. The van der Waals surface area contributed by atoms with Crippen LogP contribution in [0.2, 0.25) is 0 Å². The molecule has 88 valence electrons. The van der Waals surface area contributed by atoms with E-state index in [4.69, 9.17) is 4.74 Å². The zero-order chi connectivity index (χ0) is 9.80. The van der Waals surface area contributed by atoms with Crippen LogP contribution in [-0.2, 0) is 4.74 Å². The molecular formula is C13H21BrMgO. The normalized spacial score (nSPS) is 29.9. The van der Waals surface area contributed by atoms with Crippen LogP contribution < -0.4 is 17.0 Å². The molecule has 1 nitrogen and oxygen atoms in total. The van der Waals surface area contributed by atoms with Crippen LogP contribution in [0.3, 0.4) is 0 Å². The Kier molecular flexibility index (Phi) is 9.48. The summed E-state index contributed by atoms with van der Waals surface area (Å²) in [5.74, 6) is 2.55. The van der Waals surface area contributed by atoms with E-state index in [9.17, 15) is 0 Å². The molecule has 0 aromatic heterocycles. The number of rotatable bonds is 6. The average Bonchev–Trinajstić information content (AvgIpc) is 2.79. The summed E-state index contributed by atoms with van der Waals surface area (Å²) in [6, 6.07) is 0. The largest absolute Gasteiger partial charge is 2.00 e. The van der Waals surface area contributed by atoms with Gasteiger partial charge in [0, 0.05) is 13.2 Å². The van der Waals surface area contributed by atoms with E-state index >= 15 is 0 Å². The summed E-state index contributed by atoms with van der Waals surface area (Å²) in [4.78, 5) is 0. The monoisotopic (exact) mass is 296 g/mol. The van der Waals surface area contributed by atoms with E-state index in [2.05, 4.69) is 19.1 Å². The summed E-state index contributed by atoms with van der Waals surface area (Å²) < 4.78 is 5.71. The quantitative estimate of drug-likeness (QED) is 0.287. The van der Waals surface area contributed by atoms with Crippen LogP contribution in [0.5, 0.6) is 0 Å². The predicted octanol–water partition coefficient (Wildman–Crippen LogP) is -0.157. The Labute approximate surface area is 126 Å². The minimum Gasteiger partial charge on any atom is -1.00 e. The molecule has 0 aromatic rings. The minimum absolute atomic E-state index is 0. The number of ether oxygens (including phenoxy) is 1. The molecule has 2 rings (SSSR count). The molecule has 2 bridgehead atoms. The van der Waals surface area contributed by atoms with Gasteiger partial charge in [0.1, 0.15) is 0 Å². The molecule has 3 unspecified atom stereocenters. The van der Waals surface area contributed by atoms with E-state index in [0.29, 0.717) is 0 Å². The average molecular weight is 298 g/mol. The van der Waals surface area contributed by atoms with Gasteiger partial charge < -0.3 is 28.6 Å². The fourth-order valence-electron chi connectivity index (χ4n) is 2.70. The zero-order valence-corrected chi connectivity index (χ0v) is 13.0. The van der Waals surface area contributed by atoms with E-state index < -0.39 is 0 Å². The third-order valence-electron chi connectivity index (χ3n) is 3.54. The molecule has 0 aliphatic heterocycles. The van der Waals surface area contributed by atoms with Crippen molar-refractivity contribution in [3.8, 4) is 0 Å². The van der Waals surface area contributed by atoms with Crippen molar-refractivity contribution in [1.82, 2.24) is 0 Å². The van der Waals surface area contributed by atoms with Crippen LogP contribution in [-0.4, -0.2) is 36.3 Å². The first-order chi connectivity index (χ1) is 6.90. The number of halogens is 1. The van der Waals surface area contributed by atoms with Gasteiger partial charge in [-0.25, -0.2) is 0 Å². The van der Waals surface area contributed by atoms with Gasteiger partial charge in [0.2, 0.25) is 0 Å².